The van der Waals surface area contributed by atoms with Gasteiger partial charge in [0, 0.05) is 0 Å². The predicted octanol–water partition coefficient (Wildman–Crippen LogP) is 4.14. The number of anilines is 1. The molecule has 0 aliphatic heterocycles. The monoisotopic (exact) mass is 256 g/mol. The van der Waals surface area contributed by atoms with E-state index < -0.39 is 0 Å². The lowest BCUT2D eigenvalue weighted by atomic mass is 9.82. The van der Waals surface area contributed by atoms with Gasteiger partial charge in [0.25, 0.3) is 0 Å². The maximum Gasteiger partial charge on any atom is 0.145 e. The van der Waals surface area contributed by atoms with Gasteiger partial charge in [-0.15, -0.1) is 0 Å². The van der Waals surface area contributed by atoms with Gasteiger partial charge >= 0.3 is 0 Å². The van der Waals surface area contributed by atoms with Crippen LogP contribution < -0.4 is 10.5 Å². The molecule has 0 bridgehead atoms. The summed E-state index contributed by atoms with van der Waals surface area (Å²) < 4.78 is 5.72. The molecule has 3 nitrogen and oxygen atoms in total. The fourth-order valence-corrected chi connectivity index (χ4v) is 1.77. The normalized spacial score (nSPS) is 11.3. The van der Waals surface area contributed by atoms with Crippen LogP contribution in [0.1, 0.15) is 32.8 Å². The first-order chi connectivity index (χ1) is 9.01. The van der Waals surface area contributed by atoms with Crippen molar-refractivity contribution in [3.05, 3.63) is 48.2 Å². The first kappa shape index (κ1) is 13.4. The Kier molecular flexibility index (Phi) is 3.74. The van der Waals surface area contributed by atoms with Crippen molar-refractivity contribution in [2.24, 2.45) is 0 Å². The van der Waals surface area contributed by atoms with E-state index in [0.717, 1.165) is 12.2 Å². The second-order valence-corrected chi connectivity index (χ2v) is 5.28. The van der Waals surface area contributed by atoms with Gasteiger partial charge in [-0.3, -0.25) is 0 Å². The van der Waals surface area contributed by atoms with Crippen LogP contribution in [-0.2, 0) is 5.41 Å². The zero-order valence-corrected chi connectivity index (χ0v) is 11.7. The van der Waals surface area contributed by atoms with E-state index in [1.807, 2.05) is 18.2 Å². The van der Waals surface area contributed by atoms with Crippen LogP contribution in [0.5, 0.6) is 11.5 Å². The highest BCUT2D eigenvalue weighted by molar-refractivity contribution is 5.37. The Morgan fingerprint density at radius 3 is 2.21 bits per heavy atom. The highest BCUT2D eigenvalue weighted by Crippen LogP contribution is 2.29. The Balaban J connectivity index is 2.13. The summed E-state index contributed by atoms with van der Waals surface area (Å²) in [6.45, 7) is 6.68. The highest BCUT2D eigenvalue weighted by Gasteiger charge is 2.17. The van der Waals surface area contributed by atoms with E-state index in [9.17, 15) is 0 Å². The summed E-state index contributed by atoms with van der Waals surface area (Å²) in [5.41, 5.74) is 7.05. The zero-order valence-electron chi connectivity index (χ0n) is 11.7. The van der Waals surface area contributed by atoms with E-state index >= 15 is 0 Å². The summed E-state index contributed by atoms with van der Waals surface area (Å²) in [4.78, 5) is 4.00. The SMILES string of the molecule is CCC(C)(C)c1ccc(Oc2ccc(N)nc2)cc1. The quantitative estimate of drug-likeness (QED) is 0.894. The van der Waals surface area contributed by atoms with Gasteiger partial charge in [0.2, 0.25) is 0 Å². The number of pyridine rings is 1. The van der Waals surface area contributed by atoms with E-state index in [1.165, 1.54) is 5.56 Å². The molecule has 1 aromatic carbocycles. The number of ether oxygens (including phenoxy) is 1. The van der Waals surface area contributed by atoms with Gasteiger partial charge in [0.1, 0.15) is 17.3 Å². The molecule has 0 saturated heterocycles. The number of benzene rings is 1. The van der Waals surface area contributed by atoms with Crippen LogP contribution in [0, 0.1) is 0 Å². The van der Waals surface area contributed by atoms with Crippen LogP contribution in [0.2, 0.25) is 0 Å². The van der Waals surface area contributed by atoms with E-state index in [2.05, 4.69) is 37.9 Å². The molecule has 0 aliphatic carbocycles. The molecule has 19 heavy (non-hydrogen) atoms. The number of nitrogen functional groups attached to an aromatic ring is 1. The van der Waals surface area contributed by atoms with Crippen molar-refractivity contribution in [3.63, 3.8) is 0 Å². The first-order valence-corrected chi connectivity index (χ1v) is 6.51. The van der Waals surface area contributed by atoms with Crippen LogP contribution in [-0.4, -0.2) is 4.98 Å². The molecule has 1 heterocycles. The van der Waals surface area contributed by atoms with Crippen molar-refractivity contribution in [2.75, 3.05) is 5.73 Å². The van der Waals surface area contributed by atoms with Crippen molar-refractivity contribution in [3.8, 4) is 11.5 Å². The second-order valence-electron chi connectivity index (χ2n) is 5.28. The number of nitrogens with zero attached hydrogens (tertiary/aromatic N) is 1. The lowest BCUT2D eigenvalue weighted by Crippen LogP contribution is -2.14. The molecule has 0 amide bonds. The molecule has 100 valence electrons. The fraction of sp³-hybridized carbons (Fsp3) is 0.312. The average Bonchev–Trinajstić information content (AvgIpc) is 2.42. The molecule has 0 fully saturated rings. The van der Waals surface area contributed by atoms with Gasteiger partial charge in [0.05, 0.1) is 6.20 Å². The van der Waals surface area contributed by atoms with Crippen molar-refractivity contribution in [1.29, 1.82) is 0 Å². The zero-order chi connectivity index (χ0) is 13.9. The van der Waals surface area contributed by atoms with Crippen LogP contribution in [0.4, 0.5) is 5.82 Å². The van der Waals surface area contributed by atoms with Gasteiger partial charge in [0.15, 0.2) is 0 Å². The van der Waals surface area contributed by atoms with Gasteiger partial charge in [-0.25, -0.2) is 4.98 Å². The second kappa shape index (κ2) is 5.31. The lowest BCUT2D eigenvalue weighted by Gasteiger charge is -2.23. The topological polar surface area (TPSA) is 48.1 Å². The largest absolute Gasteiger partial charge is 0.456 e. The number of hydrogen-bond acceptors (Lipinski definition) is 3. The van der Waals surface area contributed by atoms with Gasteiger partial charge < -0.3 is 10.5 Å². The van der Waals surface area contributed by atoms with Gasteiger partial charge in [-0.2, -0.15) is 0 Å². The van der Waals surface area contributed by atoms with Crippen molar-refractivity contribution < 1.29 is 4.74 Å². The van der Waals surface area contributed by atoms with Gasteiger partial charge in [-0.1, -0.05) is 32.9 Å². The summed E-state index contributed by atoms with van der Waals surface area (Å²) in [6, 6.07) is 11.7. The Morgan fingerprint density at radius 1 is 1.05 bits per heavy atom. The van der Waals surface area contributed by atoms with E-state index in [0.29, 0.717) is 11.6 Å². The minimum Gasteiger partial charge on any atom is -0.456 e. The summed E-state index contributed by atoms with van der Waals surface area (Å²) in [5, 5.41) is 0. The molecule has 0 radical (unpaired) electrons. The Hall–Kier alpha value is -2.03. The van der Waals surface area contributed by atoms with Crippen LogP contribution in [0.15, 0.2) is 42.6 Å². The van der Waals surface area contributed by atoms with E-state index in [4.69, 9.17) is 10.5 Å². The first-order valence-electron chi connectivity index (χ1n) is 6.51. The maximum absolute atomic E-state index is 5.72. The third kappa shape index (κ3) is 3.25. The maximum atomic E-state index is 5.72. The summed E-state index contributed by atoms with van der Waals surface area (Å²) in [5.74, 6) is 1.99. The molecule has 1 aromatic heterocycles. The molecule has 0 atom stereocenters. The standard InChI is InChI=1S/C16H20N2O/c1-4-16(2,3)12-5-7-13(8-6-12)19-14-9-10-15(17)18-11-14/h5-11H,4H2,1-3H3,(H2,17,18). The Labute approximate surface area is 114 Å². The minimum absolute atomic E-state index is 0.196. The van der Waals surface area contributed by atoms with Crippen molar-refractivity contribution in [2.45, 2.75) is 32.6 Å². The van der Waals surface area contributed by atoms with E-state index in [-0.39, 0.29) is 5.41 Å². The number of hydrogen-bond donors (Lipinski definition) is 1. The molecule has 0 unspecified atom stereocenters. The van der Waals surface area contributed by atoms with Crippen LogP contribution in [0.25, 0.3) is 0 Å². The molecule has 0 saturated carbocycles. The van der Waals surface area contributed by atoms with Gasteiger partial charge in [-0.05, 0) is 41.7 Å². The Morgan fingerprint density at radius 2 is 1.68 bits per heavy atom. The number of nitrogens with two attached hydrogens (primary N) is 1. The molecule has 2 aromatic rings. The molecular formula is C16H20N2O. The average molecular weight is 256 g/mol. The van der Waals surface area contributed by atoms with E-state index in [1.54, 1.807) is 12.3 Å². The fourth-order valence-electron chi connectivity index (χ4n) is 1.77. The summed E-state index contributed by atoms with van der Waals surface area (Å²) in [6.07, 6.45) is 2.73. The molecule has 2 N–H and O–H groups in total. The predicted molar refractivity (Wildman–Crippen MR) is 78.5 cm³/mol. The van der Waals surface area contributed by atoms with Crippen molar-refractivity contribution >= 4 is 5.82 Å². The lowest BCUT2D eigenvalue weighted by molar-refractivity contribution is 0.476. The summed E-state index contributed by atoms with van der Waals surface area (Å²) >= 11 is 0. The molecular weight excluding hydrogens is 236 g/mol. The number of rotatable bonds is 4. The third-order valence-corrected chi connectivity index (χ3v) is 3.51. The van der Waals surface area contributed by atoms with Crippen LogP contribution in [0.3, 0.4) is 0 Å². The molecule has 0 spiro atoms. The summed E-state index contributed by atoms with van der Waals surface area (Å²) in [7, 11) is 0. The Bertz CT molecular complexity index is 530. The number of aromatic nitrogens is 1. The minimum atomic E-state index is 0.196. The molecule has 0 aliphatic rings. The smallest absolute Gasteiger partial charge is 0.145 e. The molecule has 3 heteroatoms. The van der Waals surface area contributed by atoms with Crippen LogP contribution >= 0.6 is 0 Å². The van der Waals surface area contributed by atoms with Crippen molar-refractivity contribution in [1.82, 2.24) is 4.98 Å². The highest BCUT2D eigenvalue weighted by atomic mass is 16.5. The molecule has 2 rings (SSSR count). The third-order valence-electron chi connectivity index (χ3n) is 3.51.